The molecule has 9 heteroatoms. The van der Waals surface area contributed by atoms with Gasteiger partial charge in [0.1, 0.15) is 6.04 Å². The Kier molecular flexibility index (Phi) is 8.12. The average molecular weight is 452 g/mol. The second kappa shape index (κ2) is 10.2. The summed E-state index contributed by atoms with van der Waals surface area (Å²) in [7, 11) is 0. The van der Waals surface area contributed by atoms with Crippen molar-refractivity contribution < 1.29 is 28.2 Å². The molecule has 0 amide bonds. The number of aliphatic carboxylic acids is 1. The normalized spacial score (nSPS) is 14.5. The van der Waals surface area contributed by atoms with Crippen molar-refractivity contribution in [1.82, 2.24) is 0 Å². The van der Waals surface area contributed by atoms with E-state index in [4.69, 9.17) is 10.8 Å². The Morgan fingerprint density at radius 3 is 2.39 bits per heavy atom. The molecule has 31 heavy (non-hydrogen) atoms. The highest BCUT2D eigenvalue weighted by molar-refractivity contribution is 7.99. The lowest BCUT2D eigenvalue weighted by molar-refractivity contribution is -0.267. The zero-order chi connectivity index (χ0) is 23.2. The van der Waals surface area contributed by atoms with Crippen molar-refractivity contribution in [2.24, 2.45) is 5.73 Å². The first-order chi connectivity index (χ1) is 14.5. The zero-order valence-corrected chi connectivity index (χ0v) is 17.6. The van der Waals surface area contributed by atoms with E-state index in [1.54, 1.807) is 12.1 Å². The highest BCUT2D eigenvalue weighted by atomic mass is 32.2. The Hall–Kier alpha value is -2.54. The number of nitrogens with zero attached hydrogens (tertiary/aromatic N) is 1. The molecule has 0 saturated carbocycles. The van der Waals surface area contributed by atoms with Gasteiger partial charge < -0.3 is 15.9 Å². The number of nitriles is 1. The van der Waals surface area contributed by atoms with Crippen molar-refractivity contribution in [1.29, 1.82) is 5.26 Å². The van der Waals surface area contributed by atoms with Crippen LogP contribution in [0.2, 0.25) is 0 Å². The highest BCUT2D eigenvalue weighted by Crippen LogP contribution is 2.43. The fourth-order valence-electron chi connectivity index (χ4n) is 2.98. The van der Waals surface area contributed by atoms with E-state index in [2.05, 4.69) is 0 Å². The van der Waals surface area contributed by atoms with Gasteiger partial charge in [0, 0.05) is 0 Å². The van der Waals surface area contributed by atoms with Gasteiger partial charge in [-0.3, -0.25) is 4.79 Å². The van der Waals surface area contributed by atoms with Crippen LogP contribution in [0.3, 0.4) is 0 Å². The fourth-order valence-corrected chi connectivity index (χ4v) is 4.05. The molecule has 0 aliphatic heterocycles. The molecule has 2 unspecified atom stereocenters. The molecule has 166 valence electrons. The second-order valence-corrected chi connectivity index (χ2v) is 8.42. The van der Waals surface area contributed by atoms with Crippen molar-refractivity contribution in [3.05, 3.63) is 59.2 Å². The van der Waals surface area contributed by atoms with Gasteiger partial charge in [0.05, 0.1) is 11.6 Å². The van der Waals surface area contributed by atoms with Gasteiger partial charge in [-0.1, -0.05) is 42.0 Å². The molecule has 4 N–H and O–H groups in total. The summed E-state index contributed by atoms with van der Waals surface area (Å²) in [6.07, 6.45) is -5.49. The zero-order valence-electron chi connectivity index (χ0n) is 16.8. The Balaban J connectivity index is 2.24. The monoisotopic (exact) mass is 452 g/mol. The number of aliphatic hydroxyl groups is 1. The third kappa shape index (κ3) is 6.00. The van der Waals surface area contributed by atoms with Gasteiger partial charge in [0.2, 0.25) is 0 Å². The minimum absolute atomic E-state index is 0.0316. The van der Waals surface area contributed by atoms with Crippen LogP contribution >= 0.6 is 11.8 Å². The Morgan fingerprint density at radius 2 is 1.84 bits per heavy atom. The third-order valence-electron chi connectivity index (χ3n) is 4.95. The van der Waals surface area contributed by atoms with Gasteiger partial charge in [0.15, 0.2) is 5.60 Å². The summed E-state index contributed by atoms with van der Waals surface area (Å²) in [6.45, 7) is 1.90. The van der Waals surface area contributed by atoms with Crippen LogP contribution in [0.25, 0.3) is 11.1 Å². The number of thioether (sulfide) groups is 1. The minimum atomic E-state index is -4.96. The number of carboxylic acid groups (broad SMARTS) is 1. The van der Waals surface area contributed by atoms with Crippen LogP contribution in [0, 0.1) is 18.3 Å². The molecule has 0 bridgehead atoms. The first-order valence-electron chi connectivity index (χ1n) is 9.46. The molecule has 0 aliphatic carbocycles. The maximum atomic E-state index is 13.8. The van der Waals surface area contributed by atoms with Crippen LogP contribution < -0.4 is 5.73 Å². The molecule has 5 nitrogen and oxygen atoms in total. The first kappa shape index (κ1) is 24.7. The van der Waals surface area contributed by atoms with Gasteiger partial charge in [0.25, 0.3) is 0 Å². The van der Waals surface area contributed by atoms with Crippen molar-refractivity contribution in [2.75, 3.05) is 11.5 Å². The van der Waals surface area contributed by atoms with Crippen LogP contribution in [0.5, 0.6) is 0 Å². The van der Waals surface area contributed by atoms with E-state index in [-0.39, 0.29) is 23.5 Å². The van der Waals surface area contributed by atoms with E-state index >= 15 is 0 Å². The quantitative estimate of drug-likeness (QED) is 0.492. The van der Waals surface area contributed by atoms with E-state index in [1.807, 2.05) is 25.1 Å². The number of alkyl halides is 3. The van der Waals surface area contributed by atoms with E-state index in [9.17, 15) is 28.3 Å². The van der Waals surface area contributed by atoms with E-state index in [1.165, 1.54) is 12.1 Å². The number of carbonyl (C=O) groups is 1. The summed E-state index contributed by atoms with van der Waals surface area (Å²) in [4.78, 5) is 10.7. The lowest BCUT2D eigenvalue weighted by atomic mass is 9.87. The molecular weight excluding hydrogens is 429 g/mol. The largest absolute Gasteiger partial charge is 0.480 e. The molecule has 0 aromatic heterocycles. The lowest BCUT2D eigenvalue weighted by Gasteiger charge is -2.31. The third-order valence-corrected chi connectivity index (χ3v) is 5.96. The van der Waals surface area contributed by atoms with E-state index < -0.39 is 35.8 Å². The number of halogens is 3. The van der Waals surface area contributed by atoms with Gasteiger partial charge in [-0.25, -0.2) is 0 Å². The number of aryl methyl sites for hydroxylation is 1. The van der Waals surface area contributed by atoms with Crippen molar-refractivity contribution >= 4 is 17.7 Å². The molecule has 0 heterocycles. The van der Waals surface area contributed by atoms with Gasteiger partial charge in [-0.15, -0.1) is 0 Å². The fraction of sp³-hybridized carbons (Fsp3) is 0.364. The molecule has 2 rings (SSSR count). The molecule has 0 radical (unpaired) electrons. The SMILES string of the molecule is Cc1ccc(-c2ccc(C(O)(CCSCCC(N)C(=O)O)C(F)(F)F)cc2C#N)cc1. The molecular formula is C22H23F3N2O3S. The van der Waals surface area contributed by atoms with Crippen LogP contribution in [0.1, 0.15) is 29.5 Å². The van der Waals surface area contributed by atoms with Gasteiger partial charge in [-0.2, -0.15) is 30.2 Å². The number of benzene rings is 2. The van der Waals surface area contributed by atoms with Crippen molar-refractivity contribution in [3.63, 3.8) is 0 Å². The Morgan fingerprint density at radius 1 is 1.19 bits per heavy atom. The maximum absolute atomic E-state index is 13.8. The number of rotatable bonds is 9. The van der Waals surface area contributed by atoms with E-state index in [0.29, 0.717) is 11.1 Å². The Labute approximate surface area is 182 Å². The summed E-state index contributed by atoms with van der Waals surface area (Å²) >= 11 is 1.08. The number of hydrogen-bond acceptors (Lipinski definition) is 5. The van der Waals surface area contributed by atoms with Crippen LogP contribution in [0.15, 0.2) is 42.5 Å². The predicted molar refractivity (Wildman–Crippen MR) is 113 cm³/mol. The van der Waals surface area contributed by atoms with Crippen molar-refractivity contribution in [3.8, 4) is 17.2 Å². The van der Waals surface area contributed by atoms with Crippen LogP contribution in [-0.2, 0) is 10.4 Å². The molecule has 2 atom stereocenters. The lowest BCUT2D eigenvalue weighted by Crippen LogP contribution is -2.43. The smallest absolute Gasteiger partial charge is 0.421 e. The maximum Gasteiger partial charge on any atom is 0.421 e. The van der Waals surface area contributed by atoms with Crippen LogP contribution in [-0.4, -0.2) is 39.9 Å². The number of carboxylic acids is 1. The standard InChI is InChI=1S/C22H23F3N2O3S/c1-14-2-4-15(5-3-14)18-7-6-17(12-16(18)13-26)21(30,22(23,24)25)9-11-31-10-8-19(27)20(28)29/h2-7,12,19,30H,8-11,27H2,1H3,(H,28,29). The number of nitrogens with two attached hydrogens (primary N) is 1. The molecule has 0 aliphatic rings. The minimum Gasteiger partial charge on any atom is -0.480 e. The molecule has 0 spiro atoms. The average Bonchev–Trinajstić information content (AvgIpc) is 2.72. The summed E-state index contributed by atoms with van der Waals surface area (Å²) in [5, 5.41) is 28.8. The predicted octanol–water partition coefficient (Wildman–Crippen LogP) is 4.21. The van der Waals surface area contributed by atoms with Gasteiger partial charge in [-0.05, 0) is 54.0 Å². The summed E-state index contributed by atoms with van der Waals surface area (Å²) < 4.78 is 41.4. The first-order valence-corrected chi connectivity index (χ1v) is 10.6. The number of hydrogen-bond donors (Lipinski definition) is 3. The topological polar surface area (TPSA) is 107 Å². The summed E-state index contributed by atoms with van der Waals surface area (Å²) in [5.74, 6) is -0.994. The summed E-state index contributed by atoms with van der Waals surface area (Å²) in [5.41, 5.74) is 4.04. The Bertz CT molecular complexity index is 958. The molecule has 0 saturated heterocycles. The van der Waals surface area contributed by atoms with Crippen molar-refractivity contribution in [2.45, 2.75) is 37.6 Å². The highest BCUT2D eigenvalue weighted by Gasteiger charge is 2.54. The molecule has 2 aromatic carbocycles. The molecule has 0 fully saturated rings. The van der Waals surface area contributed by atoms with Crippen LogP contribution in [0.4, 0.5) is 13.2 Å². The second-order valence-electron chi connectivity index (χ2n) is 7.19. The molecule has 2 aromatic rings. The van der Waals surface area contributed by atoms with Gasteiger partial charge >= 0.3 is 12.1 Å². The summed E-state index contributed by atoms with van der Waals surface area (Å²) in [6, 6.07) is 11.7. The van der Waals surface area contributed by atoms with E-state index in [0.717, 1.165) is 23.4 Å².